The fourth-order valence-electron chi connectivity index (χ4n) is 4.21. The summed E-state index contributed by atoms with van der Waals surface area (Å²) in [6, 6.07) is 12.3. The number of carbonyl (C=O) groups excluding carboxylic acids is 2. The molecule has 0 radical (unpaired) electrons. The maximum absolute atomic E-state index is 11.7. The second kappa shape index (κ2) is 18.1. The molecule has 2 N–H and O–H groups in total. The van der Waals surface area contributed by atoms with Gasteiger partial charge in [-0.2, -0.15) is 0 Å². The Bertz CT molecular complexity index is 911. The van der Waals surface area contributed by atoms with Crippen LogP contribution < -0.4 is 4.90 Å². The molecule has 1 aliphatic heterocycles. The summed E-state index contributed by atoms with van der Waals surface area (Å²) in [6.45, 7) is 5.37. The first-order valence-electron chi connectivity index (χ1n) is 13.9. The quantitative estimate of drug-likeness (QED) is 0.208. The fourth-order valence-corrected chi connectivity index (χ4v) is 5.21. The molecular formula is C30H45NO5S. The number of hydrogen-bond donors (Lipinski definition) is 2. The molecule has 0 bridgehead atoms. The largest absolute Gasteiger partial charge is 0.459 e. The molecule has 1 amide bonds. The summed E-state index contributed by atoms with van der Waals surface area (Å²) >= 11 is 1.45. The Labute approximate surface area is 226 Å². The zero-order valence-corrected chi connectivity index (χ0v) is 23.4. The summed E-state index contributed by atoms with van der Waals surface area (Å²) in [7, 11) is 0. The van der Waals surface area contributed by atoms with Crippen LogP contribution in [0.1, 0.15) is 98.2 Å². The van der Waals surface area contributed by atoms with Crippen molar-refractivity contribution in [3.05, 3.63) is 51.7 Å². The number of ether oxygens (including phenoxy) is 1. The van der Waals surface area contributed by atoms with Crippen molar-refractivity contribution < 1.29 is 24.5 Å². The van der Waals surface area contributed by atoms with Crippen molar-refractivity contribution in [3.63, 3.8) is 0 Å². The Morgan fingerprint density at radius 2 is 1.78 bits per heavy atom. The number of thiophene rings is 1. The summed E-state index contributed by atoms with van der Waals surface area (Å²) in [5, 5.41) is 18.2. The van der Waals surface area contributed by atoms with Gasteiger partial charge in [0.05, 0.1) is 6.10 Å². The normalized spacial score (nSPS) is 13.8. The lowest BCUT2D eigenvalue weighted by molar-refractivity contribution is -0.117. The van der Waals surface area contributed by atoms with Crippen LogP contribution in [0.3, 0.4) is 0 Å². The number of aliphatic hydroxyl groups is 2. The van der Waals surface area contributed by atoms with Gasteiger partial charge in [-0.1, -0.05) is 51.7 Å². The van der Waals surface area contributed by atoms with E-state index in [0.717, 1.165) is 44.3 Å². The number of benzene rings is 1. The van der Waals surface area contributed by atoms with Crippen LogP contribution in [-0.2, 0) is 22.4 Å². The maximum Gasteiger partial charge on any atom is 0.348 e. The molecule has 6 nitrogen and oxygen atoms in total. The molecule has 0 saturated carbocycles. The third-order valence-electron chi connectivity index (χ3n) is 6.35. The summed E-state index contributed by atoms with van der Waals surface area (Å²) in [5.41, 5.74) is 2.45. The molecule has 1 aromatic heterocycles. The van der Waals surface area contributed by atoms with Crippen LogP contribution in [0.2, 0.25) is 0 Å². The predicted octanol–water partition coefficient (Wildman–Crippen LogP) is 6.32. The van der Waals surface area contributed by atoms with Gasteiger partial charge in [-0.3, -0.25) is 4.79 Å². The number of carbonyl (C=O) groups is 2. The molecule has 2 heterocycles. The van der Waals surface area contributed by atoms with Gasteiger partial charge >= 0.3 is 5.97 Å². The van der Waals surface area contributed by atoms with Crippen LogP contribution in [0.4, 0.5) is 5.69 Å². The Morgan fingerprint density at radius 3 is 2.43 bits per heavy atom. The zero-order chi connectivity index (χ0) is 26.9. The van der Waals surface area contributed by atoms with Crippen molar-refractivity contribution in [3.8, 4) is 0 Å². The highest BCUT2D eigenvalue weighted by molar-refractivity contribution is 7.13. The van der Waals surface area contributed by atoms with Crippen molar-refractivity contribution >= 4 is 28.9 Å². The van der Waals surface area contributed by atoms with Crippen LogP contribution in [0.15, 0.2) is 36.4 Å². The average Bonchev–Trinajstić information content (AvgIpc) is 3.55. The van der Waals surface area contributed by atoms with Crippen molar-refractivity contribution in [1.82, 2.24) is 0 Å². The van der Waals surface area contributed by atoms with Crippen molar-refractivity contribution in [1.29, 1.82) is 0 Å². The average molecular weight is 532 g/mol. The van der Waals surface area contributed by atoms with E-state index in [4.69, 9.17) is 9.84 Å². The highest BCUT2D eigenvalue weighted by atomic mass is 32.1. The fraction of sp³-hybridized carbons (Fsp3) is 0.600. The molecule has 3 rings (SSSR count). The summed E-state index contributed by atoms with van der Waals surface area (Å²) in [5.74, 6) is -0.0979. The predicted molar refractivity (Wildman–Crippen MR) is 151 cm³/mol. The summed E-state index contributed by atoms with van der Waals surface area (Å²) in [4.78, 5) is 27.0. The van der Waals surface area contributed by atoms with Crippen LogP contribution in [0.25, 0.3) is 0 Å². The number of esters is 1. The number of hydrogen-bond acceptors (Lipinski definition) is 6. The van der Waals surface area contributed by atoms with Gasteiger partial charge < -0.3 is 19.8 Å². The number of aliphatic hydroxyl groups excluding tert-OH is 2. The van der Waals surface area contributed by atoms with Crippen LogP contribution in [-0.4, -0.2) is 48.0 Å². The van der Waals surface area contributed by atoms with E-state index >= 15 is 0 Å². The smallest absolute Gasteiger partial charge is 0.348 e. The van der Waals surface area contributed by atoms with E-state index in [1.165, 1.54) is 47.5 Å². The molecule has 2 aromatic rings. The standard InChI is InChI=1S/C16H23NO.C14H22O4S/c1-2-3-4-5-7-14-9-11-15(12-10-14)17-13-6-8-16(17)18;1-2-5-12-7-8-13(19-12)14(17)18-10-11(16)6-3-4-9-15/h9-12H,2-8,13H2,1H3;7-8,11,15-16H,2-6,9-10H2,1H3. The number of nitrogens with zero attached hydrogens (tertiary/aromatic N) is 1. The first-order chi connectivity index (χ1) is 18.0. The third-order valence-corrected chi connectivity index (χ3v) is 7.48. The summed E-state index contributed by atoms with van der Waals surface area (Å²) in [6.07, 6.45) is 11.4. The molecule has 37 heavy (non-hydrogen) atoms. The van der Waals surface area contributed by atoms with Crippen LogP contribution in [0, 0.1) is 0 Å². The van der Waals surface area contributed by atoms with Gasteiger partial charge in [-0.05, 0) is 74.8 Å². The Hall–Kier alpha value is -2.22. The first-order valence-corrected chi connectivity index (χ1v) is 14.7. The van der Waals surface area contributed by atoms with E-state index in [2.05, 4.69) is 38.1 Å². The number of anilines is 1. The van der Waals surface area contributed by atoms with Crippen molar-refractivity contribution in [2.75, 3.05) is 24.7 Å². The van der Waals surface area contributed by atoms with E-state index in [-0.39, 0.29) is 25.1 Å². The SMILES string of the molecule is CCCCCCc1ccc(N2CCCC2=O)cc1.CCCc1ccc(C(=O)OCC(O)CCCCO)s1. The Morgan fingerprint density at radius 1 is 1.00 bits per heavy atom. The lowest BCUT2D eigenvalue weighted by Gasteiger charge is -2.15. The monoisotopic (exact) mass is 531 g/mol. The van der Waals surface area contributed by atoms with E-state index < -0.39 is 6.10 Å². The number of unbranched alkanes of at least 4 members (excludes halogenated alkanes) is 4. The van der Waals surface area contributed by atoms with Crippen LogP contribution >= 0.6 is 11.3 Å². The maximum atomic E-state index is 11.7. The molecule has 1 atom stereocenters. The van der Waals surface area contributed by atoms with Gasteiger partial charge in [0.25, 0.3) is 0 Å². The van der Waals surface area contributed by atoms with Crippen molar-refractivity contribution in [2.24, 2.45) is 0 Å². The molecule has 1 fully saturated rings. The molecule has 1 unspecified atom stereocenters. The minimum atomic E-state index is -0.648. The van der Waals surface area contributed by atoms with Gasteiger partial charge in [0, 0.05) is 30.1 Å². The van der Waals surface area contributed by atoms with E-state index in [0.29, 0.717) is 24.1 Å². The number of rotatable bonds is 15. The van der Waals surface area contributed by atoms with Gasteiger partial charge in [-0.25, -0.2) is 4.79 Å². The minimum Gasteiger partial charge on any atom is -0.459 e. The molecule has 206 valence electrons. The first kappa shape index (κ1) is 31.0. The van der Waals surface area contributed by atoms with Crippen molar-refractivity contribution in [2.45, 2.75) is 97.0 Å². The number of aryl methyl sites for hydroxylation is 2. The second-order valence-corrected chi connectivity index (χ2v) is 10.8. The van der Waals surface area contributed by atoms with Gasteiger partial charge in [0.2, 0.25) is 5.91 Å². The van der Waals surface area contributed by atoms with Gasteiger partial charge in [0.1, 0.15) is 11.5 Å². The molecule has 0 spiro atoms. The lowest BCUT2D eigenvalue weighted by atomic mass is 10.1. The van der Waals surface area contributed by atoms with Crippen LogP contribution in [0.5, 0.6) is 0 Å². The topological polar surface area (TPSA) is 87.1 Å². The molecule has 1 aromatic carbocycles. The highest BCUT2D eigenvalue weighted by Crippen LogP contribution is 2.22. The Balaban J connectivity index is 0.000000260. The highest BCUT2D eigenvalue weighted by Gasteiger charge is 2.21. The molecule has 1 saturated heterocycles. The molecular weight excluding hydrogens is 486 g/mol. The van der Waals surface area contributed by atoms with E-state index in [1.807, 2.05) is 11.0 Å². The molecule has 7 heteroatoms. The van der Waals surface area contributed by atoms with E-state index in [9.17, 15) is 14.7 Å². The second-order valence-electron chi connectivity index (χ2n) is 9.61. The lowest BCUT2D eigenvalue weighted by Crippen LogP contribution is -2.23. The third kappa shape index (κ3) is 11.8. The molecule has 1 aliphatic rings. The van der Waals surface area contributed by atoms with Gasteiger partial charge in [-0.15, -0.1) is 11.3 Å². The molecule has 0 aliphatic carbocycles. The van der Waals surface area contributed by atoms with E-state index in [1.54, 1.807) is 6.07 Å². The minimum absolute atomic E-state index is 0.0191. The number of amides is 1. The summed E-state index contributed by atoms with van der Waals surface area (Å²) < 4.78 is 5.07. The zero-order valence-electron chi connectivity index (χ0n) is 22.6. The van der Waals surface area contributed by atoms with Gasteiger partial charge in [0.15, 0.2) is 0 Å². The Kier molecular flexibility index (Phi) is 15.2.